The van der Waals surface area contributed by atoms with Crippen LogP contribution in [0.3, 0.4) is 0 Å². The molecule has 0 heterocycles. The number of carbonyl (C=O) groups is 3. The Kier molecular flexibility index (Phi) is 7.44. The number of aliphatic hydroxyl groups excluding tert-OH is 1. The third kappa shape index (κ3) is 8.20. The van der Waals surface area contributed by atoms with E-state index in [-0.39, 0.29) is 5.41 Å². The van der Waals surface area contributed by atoms with Crippen LogP contribution in [-0.2, 0) is 14.3 Å². The van der Waals surface area contributed by atoms with Crippen molar-refractivity contribution in [2.75, 3.05) is 0 Å². The number of aliphatic hydroxyl groups is 1. The molecule has 0 fully saturated rings. The maximum Gasteiger partial charge on any atom is 0.407 e. The van der Waals surface area contributed by atoms with Gasteiger partial charge in [-0.15, -0.1) is 0 Å². The number of hydrogen-bond donors (Lipinski definition) is 4. The van der Waals surface area contributed by atoms with E-state index >= 15 is 0 Å². The van der Waals surface area contributed by atoms with E-state index in [1.165, 1.54) is 0 Å². The Morgan fingerprint density at radius 2 is 1.36 bits per heavy atom. The SMILES string of the molecule is CC(C)(C)C[C@H](NC(=O)OC(C)(C)C)[C@@H](O)CC(C)(C(=O)O)C(=O)O. The summed E-state index contributed by atoms with van der Waals surface area (Å²) in [5, 5.41) is 31.4. The van der Waals surface area contributed by atoms with Crippen molar-refractivity contribution in [1.82, 2.24) is 5.32 Å². The first-order valence-electron chi connectivity index (χ1n) is 8.12. The topological polar surface area (TPSA) is 133 Å². The average molecular weight is 361 g/mol. The molecule has 8 heteroatoms. The number of rotatable bonds is 7. The fourth-order valence-electron chi connectivity index (χ4n) is 2.23. The fraction of sp³-hybridized carbons (Fsp3) is 0.824. The van der Waals surface area contributed by atoms with Gasteiger partial charge in [0.25, 0.3) is 0 Å². The molecule has 0 aromatic heterocycles. The highest BCUT2D eigenvalue weighted by Gasteiger charge is 2.45. The molecule has 0 aromatic carbocycles. The van der Waals surface area contributed by atoms with Gasteiger partial charge in [0.15, 0.2) is 5.41 Å². The normalized spacial score (nSPS) is 15.2. The van der Waals surface area contributed by atoms with Gasteiger partial charge in [0.1, 0.15) is 5.60 Å². The summed E-state index contributed by atoms with van der Waals surface area (Å²) in [6.45, 7) is 11.8. The molecule has 0 aliphatic heterocycles. The zero-order valence-electron chi connectivity index (χ0n) is 16.0. The minimum absolute atomic E-state index is 0.302. The van der Waals surface area contributed by atoms with Crippen LogP contribution in [0.4, 0.5) is 4.79 Å². The van der Waals surface area contributed by atoms with Crippen molar-refractivity contribution in [1.29, 1.82) is 0 Å². The Morgan fingerprint density at radius 3 is 1.68 bits per heavy atom. The summed E-state index contributed by atoms with van der Waals surface area (Å²) in [5.74, 6) is -3.10. The second-order valence-corrected chi connectivity index (χ2v) is 8.73. The van der Waals surface area contributed by atoms with Gasteiger partial charge in [0.05, 0.1) is 12.1 Å². The number of nitrogens with one attached hydrogen (secondary N) is 1. The summed E-state index contributed by atoms with van der Waals surface area (Å²) < 4.78 is 5.16. The van der Waals surface area contributed by atoms with Crippen molar-refractivity contribution < 1.29 is 34.4 Å². The molecule has 1 amide bonds. The Morgan fingerprint density at radius 1 is 0.920 bits per heavy atom. The number of amides is 1. The molecule has 0 unspecified atom stereocenters. The summed E-state index contributed by atoms with van der Waals surface area (Å²) >= 11 is 0. The number of ether oxygens (including phenoxy) is 1. The third-order valence-electron chi connectivity index (χ3n) is 3.56. The molecule has 0 aliphatic rings. The summed E-state index contributed by atoms with van der Waals surface area (Å²) in [7, 11) is 0. The maximum absolute atomic E-state index is 12.0. The number of carboxylic acids is 2. The number of alkyl carbamates (subject to hydrolysis) is 1. The van der Waals surface area contributed by atoms with Crippen LogP contribution in [0.2, 0.25) is 0 Å². The van der Waals surface area contributed by atoms with Gasteiger partial charge in [0, 0.05) is 6.42 Å². The molecule has 25 heavy (non-hydrogen) atoms. The van der Waals surface area contributed by atoms with Crippen LogP contribution in [0.15, 0.2) is 0 Å². The van der Waals surface area contributed by atoms with Gasteiger partial charge in [-0.3, -0.25) is 9.59 Å². The number of carbonyl (C=O) groups excluding carboxylic acids is 1. The molecule has 0 bridgehead atoms. The first-order chi connectivity index (χ1) is 11.0. The number of hydrogen-bond acceptors (Lipinski definition) is 5. The molecule has 0 saturated carbocycles. The van der Waals surface area contributed by atoms with Gasteiger partial charge in [-0.25, -0.2) is 4.79 Å². The Labute approximate surface area is 148 Å². The summed E-state index contributed by atoms with van der Waals surface area (Å²) in [4.78, 5) is 34.6. The quantitative estimate of drug-likeness (QED) is 0.511. The molecule has 146 valence electrons. The lowest BCUT2D eigenvalue weighted by Crippen LogP contribution is -2.50. The third-order valence-corrected chi connectivity index (χ3v) is 3.56. The first kappa shape index (κ1) is 23.2. The monoisotopic (exact) mass is 361 g/mol. The highest BCUT2D eigenvalue weighted by atomic mass is 16.6. The highest BCUT2D eigenvalue weighted by molar-refractivity contribution is 5.97. The fourth-order valence-corrected chi connectivity index (χ4v) is 2.23. The van der Waals surface area contributed by atoms with Crippen LogP contribution in [0, 0.1) is 10.8 Å². The molecule has 2 atom stereocenters. The minimum atomic E-state index is -2.16. The standard InChI is InChI=1S/C17H31NO7/c1-15(2,3)8-10(18-14(24)25-16(4,5)6)11(19)9-17(7,12(20)21)13(22)23/h10-11,19H,8-9H2,1-7H3,(H,18,24)(H,20,21)(H,22,23)/t10-,11-/m0/s1. The Bertz CT molecular complexity index is 488. The minimum Gasteiger partial charge on any atom is -0.480 e. The maximum atomic E-state index is 12.0. The molecule has 0 aromatic rings. The molecule has 8 nitrogen and oxygen atoms in total. The van der Waals surface area contributed by atoms with E-state index in [9.17, 15) is 29.7 Å². The van der Waals surface area contributed by atoms with Crippen LogP contribution in [0.1, 0.15) is 61.3 Å². The smallest absolute Gasteiger partial charge is 0.407 e. The van der Waals surface area contributed by atoms with E-state index < -0.39 is 47.6 Å². The van der Waals surface area contributed by atoms with Gasteiger partial charge in [0.2, 0.25) is 0 Å². The largest absolute Gasteiger partial charge is 0.480 e. The van der Waals surface area contributed by atoms with E-state index in [0.717, 1.165) is 6.92 Å². The van der Waals surface area contributed by atoms with E-state index in [0.29, 0.717) is 6.42 Å². The van der Waals surface area contributed by atoms with Crippen molar-refractivity contribution in [3.63, 3.8) is 0 Å². The molecular formula is C17H31NO7. The van der Waals surface area contributed by atoms with Crippen molar-refractivity contribution in [2.24, 2.45) is 10.8 Å². The molecule has 0 spiro atoms. The molecule has 0 rings (SSSR count). The number of carboxylic acid groups (broad SMARTS) is 2. The average Bonchev–Trinajstić information content (AvgIpc) is 2.32. The Hall–Kier alpha value is -1.83. The predicted octanol–water partition coefficient (Wildman–Crippen LogP) is 2.24. The lowest BCUT2D eigenvalue weighted by atomic mass is 9.79. The van der Waals surface area contributed by atoms with Crippen LogP contribution in [-0.4, -0.2) is 51.1 Å². The molecule has 0 saturated heterocycles. The van der Waals surface area contributed by atoms with Crippen LogP contribution >= 0.6 is 0 Å². The predicted molar refractivity (Wildman–Crippen MR) is 91.2 cm³/mol. The van der Waals surface area contributed by atoms with Crippen molar-refractivity contribution in [2.45, 2.75) is 79.1 Å². The van der Waals surface area contributed by atoms with E-state index in [2.05, 4.69) is 5.32 Å². The van der Waals surface area contributed by atoms with Crippen molar-refractivity contribution in [3.8, 4) is 0 Å². The zero-order valence-corrected chi connectivity index (χ0v) is 16.0. The van der Waals surface area contributed by atoms with Gasteiger partial charge < -0.3 is 25.4 Å². The lowest BCUT2D eigenvalue weighted by molar-refractivity contribution is -0.166. The Balaban J connectivity index is 5.36. The van der Waals surface area contributed by atoms with E-state index in [4.69, 9.17) is 4.74 Å². The lowest BCUT2D eigenvalue weighted by Gasteiger charge is -2.33. The van der Waals surface area contributed by atoms with Crippen LogP contribution in [0.5, 0.6) is 0 Å². The molecule has 0 radical (unpaired) electrons. The van der Waals surface area contributed by atoms with E-state index in [1.807, 2.05) is 20.8 Å². The summed E-state index contributed by atoms with van der Waals surface area (Å²) in [6.07, 6.45) is -2.37. The number of aliphatic carboxylic acids is 2. The summed E-state index contributed by atoms with van der Waals surface area (Å²) in [6, 6.07) is -0.854. The van der Waals surface area contributed by atoms with Crippen molar-refractivity contribution in [3.05, 3.63) is 0 Å². The molecule has 4 N–H and O–H groups in total. The van der Waals surface area contributed by atoms with Gasteiger partial charge >= 0.3 is 18.0 Å². The molecule has 0 aliphatic carbocycles. The van der Waals surface area contributed by atoms with Crippen LogP contribution in [0.25, 0.3) is 0 Å². The van der Waals surface area contributed by atoms with Gasteiger partial charge in [-0.1, -0.05) is 20.8 Å². The first-order valence-corrected chi connectivity index (χ1v) is 8.12. The highest BCUT2D eigenvalue weighted by Crippen LogP contribution is 2.29. The van der Waals surface area contributed by atoms with Crippen molar-refractivity contribution >= 4 is 18.0 Å². The molecular weight excluding hydrogens is 330 g/mol. The second-order valence-electron chi connectivity index (χ2n) is 8.73. The summed E-state index contributed by atoms with van der Waals surface area (Å²) in [5.41, 5.74) is -3.20. The van der Waals surface area contributed by atoms with E-state index in [1.54, 1.807) is 20.8 Å². The van der Waals surface area contributed by atoms with Gasteiger partial charge in [-0.2, -0.15) is 0 Å². The zero-order chi connectivity index (χ0) is 20.2. The second kappa shape index (κ2) is 8.03. The van der Waals surface area contributed by atoms with Crippen LogP contribution < -0.4 is 5.32 Å². The van der Waals surface area contributed by atoms with Gasteiger partial charge in [-0.05, 0) is 39.5 Å².